The fraction of sp³-hybridized carbons (Fsp3) is 0.333. The number of nitrogens with one attached hydrogen (secondary N) is 1. The van der Waals surface area contributed by atoms with Crippen molar-refractivity contribution in [3.05, 3.63) is 46.5 Å². The first-order valence-corrected chi connectivity index (χ1v) is 9.68. The van der Waals surface area contributed by atoms with E-state index in [2.05, 4.69) is 10.4 Å². The smallest absolute Gasteiger partial charge is 0.326 e. The van der Waals surface area contributed by atoms with Crippen LogP contribution in [0.25, 0.3) is 11.3 Å². The number of carbonyl (C=O) groups is 2. The maximum absolute atomic E-state index is 14.2. The van der Waals surface area contributed by atoms with Crippen molar-refractivity contribution in [3.8, 4) is 17.0 Å². The van der Waals surface area contributed by atoms with Crippen molar-refractivity contribution in [2.45, 2.75) is 19.0 Å². The van der Waals surface area contributed by atoms with Gasteiger partial charge >= 0.3 is 5.97 Å². The lowest BCUT2D eigenvalue weighted by atomic mass is 10.1. The van der Waals surface area contributed by atoms with Crippen LogP contribution in [-0.2, 0) is 16.1 Å². The number of benzene rings is 1. The van der Waals surface area contributed by atoms with Gasteiger partial charge in [0.1, 0.15) is 24.2 Å². The van der Waals surface area contributed by atoms with Crippen molar-refractivity contribution in [3.63, 3.8) is 0 Å². The Morgan fingerprint density at radius 2 is 2.11 bits per heavy atom. The summed E-state index contributed by atoms with van der Waals surface area (Å²) < 4.78 is 20.1. The molecule has 0 aliphatic heterocycles. The average molecular weight is 409 g/mol. The minimum atomic E-state index is -1.16. The fourth-order valence-corrected chi connectivity index (χ4v) is 2.88. The molecule has 0 spiro atoms. The first kappa shape index (κ1) is 21.4. The van der Waals surface area contributed by atoms with Crippen molar-refractivity contribution in [1.82, 2.24) is 15.1 Å². The summed E-state index contributed by atoms with van der Waals surface area (Å²) in [5.41, 5.74) is -0.271. The molecule has 0 unspecified atom stereocenters. The lowest BCUT2D eigenvalue weighted by molar-refractivity contribution is -0.142. The van der Waals surface area contributed by atoms with E-state index in [0.717, 1.165) is 4.68 Å². The van der Waals surface area contributed by atoms with E-state index >= 15 is 0 Å². The molecule has 2 N–H and O–H groups in total. The normalized spacial score (nSPS) is 11.7. The summed E-state index contributed by atoms with van der Waals surface area (Å²) in [5, 5.41) is 15.6. The van der Waals surface area contributed by atoms with Gasteiger partial charge in [-0.15, -0.1) is 0 Å². The number of hydrogen-bond acceptors (Lipinski definition) is 6. The summed E-state index contributed by atoms with van der Waals surface area (Å²) >= 11 is 1.46. The number of aromatic nitrogens is 2. The lowest BCUT2D eigenvalue weighted by Crippen LogP contribution is -2.44. The van der Waals surface area contributed by atoms with Crippen molar-refractivity contribution in [2.24, 2.45) is 0 Å². The van der Waals surface area contributed by atoms with Gasteiger partial charge in [-0.25, -0.2) is 13.9 Å². The first-order chi connectivity index (χ1) is 13.3. The summed E-state index contributed by atoms with van der Waals surface area (Å²) in [6.07, 6.45) is 2.08. The summed E-state index contributed by atoms with van der Waals surface area (Å²) in [7, 11) is 1.41. The number of carbonyl (C=O) groups excluding carboxylic acids is 1. The van der Waals surface area contributed by atoms with Gasteiger partial charge in [-0.05, 0) is 36.6 Å². The molecule has 1 aromatic carbocycles. The predicted octanol–water partition coefficient (Wildman–Crippen LogP) is 1.38. The molecule has 0 aliphatic rings. The van der Waals surface area contributed by atoms with Gasteiger partial charge in [-0.3, -0.25) is 9.59 Å². The van der Waals surface area contributed by atoms with Gasteiger partial charge in [0.15, 0.2) is 0 Å². The zero-order valence-corrected chi connectivity index (χ0v) is 16.2. The number of carboxylic acids is 1. The predicted molar refractivity (Wildman–Crippen MR) is 103 cm³/mol. The van der Waals surface area contributed by atoms with Crippen molar-refractivity contribution in [1.29, 1.82) is 0 Å². The lowest BCUT2D eigenvalue weighted by Gasteiger charge is -2.14. The number of hydrogen-bond donors (Lipinski definition) is 2. The average Bonchev–Trinajstić information content (AvgIpc) is 2.66. The molecule has 1 heterocycles. The van der Waals surface area contributed by atoms with E-state index in [0.29, 0.717) is 11.5 Å². The van der Waals surface area contributed by atoms with Crippen LogP contribution in [0.2, 0.25) is 0 Å². The Morgan fingerprint density at radius 1 is 1.36 bits per heavy atom. The van der Waals surface area contributed by atoms with Crippen molar-refractivity contribution >= 4 is 23.6 Å². The number of rotatable bonds is 9. The Morgan fingerprint density at radius 3 is 2.71 bits per heavy atom. The van der Waals surface area contributed by atoms with Crippen LogP contribution in [0.1, 0.15) is 6.42 Å². The third-order valence-corrected chi connectivity index (χ3v) is 4.50. The van der Waals surface area contributed by atoms with Crippen LogP contribution in [0.3, 0.4) is 0 Å². The quantitative estimate of drug-likeness (QED) is 0.644. The largest absolute Gasteiger partial charge is 0.497 e. The minimum Gasteiger partial charge on any atom is -0.497 e. The monoisotopic (exact) mass is 409 g/mol. The molecule has 0 bridgehead atoms. The standard InChI is InChI=1S/C18H20FN3O5S/c1-27-11-3-4-12(13(19)9-11)14-5-6-17(24)22(21-14)10-16(23)20-15(18(25)26)7-8-28-2/h3-6,9,15H,7-8,10H2,1-2H3,(H,20,23)(H,25,26)/t15-/m0/s1. The zero-order valence-electron chi connectivity index (χ0n) is 15.3. The van der Waals surface area contributed by atoms with Crippen LogP contribution < -0.4 is 15.6 Å². The highest BCUT2D eigenvalue weighted by molar-refractivity contribution is 7.98. The second-order valence-electron chi connectivity index (χ2n) is 5.80. The Labute approximate surface area is 164 Å². The molecule has 8 nitrogen and oxygen atoms in total. The second kappa shape index (κ2) is 9.88. The maximum Gasteiger partial charge on any atom is 0.326 e. The molecule has 2 rings (SSSR count). The van der Waals surface area contributed by atoms with E-state index in [-0.39, 0.29) is 17.7 Å². The Balaban J connectivity index is 2.20. The molecule has 1 atom stereocenters. The zero-order chi connectivity index (χ0) is 20.7. The number of nitrogens with zero attached hydrogens (tertiary/aromatic N) is 2. The van der Waals surface area contributed by atoms with E-state index in [9.17, 15) is 23.9 Å². The van der Waals surface area contributed by atoms with Crippen molar-refractivity contribution in [2.75, 3.05) is 19.1 Å². The molecule has 1 aromatic heterocycles. The van der Waals surface area contributed by atoms with E-state index in [1.807, 2.05) is 6.26 Å². The molecule has 2 aromatic rings. The molecule has 0 radical (unpaired) electrons. The van der Waals surface area contributed by atoms with E-state index in [4.69, 9.17) is 4.74 Å². The number of aliphatic carboxylic acids is 1. The number of ether oxygens (including phenoxy) is 1. The summed E-state index contributed by atoms with van der Waals surface area (Å²) in [6.45, 7) is -0.479. The molecular formula is C18H20FN3O5S. The van der Waals surface area contributed by atoms with Crippen LogP contribution in [0.15, 0.2) is 35.1 Å². The highest BCUT2D eigenvalue weighted by Gasteiger charge is 2.20. The number of amides is 1. The van der Waals surface area contributed by atoms with Gasteiger partial charge in [0, 0.05) is 17.7 Å². The van der Waals surface area contributed by atoms with Gasteiger partial charge in [-0.2, -0.15) is 16.9 Å². The summed E-state index contributed by atoms with van der Waals surface area (Å²) in [4.78, 5) is 35.4. The summed E-state index contributed by atoms with van der Waals surface area (Å²) in [6, 6.07) is 5.64. The third kappa shape index (κ3) is 5.56. The maximum atomic E-state index is 14.2. The molecule has 0 saturated heterocycles. The molecule has 150 valence electrons. The summed E-state index contributed by atoms with van der Waals surface area (Å²) in [5.74, 6) is -1.53. The van der Waals surface area contributed by atoms with Gasteiger partial charge < -0.3 is 15.2 Å². The van der Waals surface area contributed by atoms with Gasteiger partial charge in [0.05, 0.1) is 12.8 Å². The molecule has 10 heteroatoms. The van der Waals surface area contributed by atoms with E-state index in [1.54, 1.807) is 6.07 Å². The van der Waals surface area contributed by atoms with Gasteiger partial charge in [-0.1, -0.05) is 0 Å². The van der Waals surface area contributed by atoms with Crippen LogP contribution >= 0.6 is 11.8 Å². The number of methoxy groups -OCH3 is 1. The fourth-order valence-electron chi connectivity index (χ4n) is 2.41. The van der Waals surface area contributed by atoms with Crippen LogP contribution in [0.5, 0.6) is 5.75 Å². The number of carboxylic acid groups (broad SMARTS) is 1. The van der Waals surface area contributed by atoms with E-state index < -0.39 is 35.8 Å². The van der Waals surface area contributed by atoms with Crippen LogP contribution in [0, 0.1) is 5.82 Å². The number of halogens is 1. The molecule has 0 fully saturated rings. The third-order valence-electron chi connectivity index (χ3n) is 3.86. The SMILES string of the molecule is COc1ccc(-c2ccc(=O)n(CC(=O)N[C@@H](CCSC)C(=O)O)n2)c(F)c1. The highest BCUT2D eigenvalue weighted by Crippen LogP contribution is 2.23. The van der Waals surface area contributed by atoms with Crippen molar-refractivity contribution < 1.29 is 23.8 Å². The second-order valence-corrected chi connectivity index (χ2v) is 6.79. The van der Waals surface area contributed by atoms with E-state index in [1.165, 1.54) is 43.1 Å². The van der Waals surface area contributed by atoms with Gasteiger partial charge in [0.25, 0.3) is 5.56 Å². The molecule has 0 saturated carbocycles. The van der Waals surface area contributed by atoms with Gasteiger partial charge in [0.2, 0.25) is 5.91 Å². The van der Waals surface area contributed by atoms with Crippen LogP contribution in [0.4, 0.5) is 4.39 Å². The Kier molecular flexibility index (Phi) is 7.56. The van der Waals surface area contributed by atoms with Crippen LogP contribution in [-0.4, -0.2) is 51.9 Å². The minimum absolute atomic E-state index is 0.137. The highest BCUT2D eigenvalue weighted by atomic mass is 32.2. The molecule has 0 aliphatic carbocycles. The first-order valence-electron chi connectivity index (χ1n) is 8.29. The molecule has 1 amide bonds. The number of thioether (sulfide) groups is 1. The molecule has 28 heavy (non-hydrogen) atoms. The topological polar surface area (TPSA) is 111 Å². The Hall–Kier alpha value is -2.88. The molecular weight excluding hydrogens is 389 g/mol. The Bertz CT molecular complexity index is 918.